The molecular weight excluding hydrogens is 180 g/mol. The summed E-state index contributed by atoms with van der Waals surface area (Å²) in [5.74, 6) is 0.820. The Morgan fingerprint density at radius 3 is 3.07 bits per heavy atom. The highest BCUT2D eigenvalue weighted by molar-refractivity contribution is 5.37. The van der Waals surface area contributed by atoms with E-state index in [-0.39, 0.29) is 0 Å². The summed E-state index contributed by atoms with van der Waals surface area (Å²) in [6, 6.07) is 7.61. The molecule has 0 aliphatic heterocycles. The summed E-state index contributed by atoms with van der Waals surface area (Å²) in [5, 5.41) is 10.9. The number of aromatic nitrogens is 4. The van der Waals surface area contributed by atoms with Crippen molar-refractivity contribution in [1.82, 2.24) is 20.2 Å². The predicted octanol–water partition coefficient (Wildman–Crippen LogP) is 1.06. The lowest BCUT2D eigenvalue weighted by Gasteiger charge is -2.04. The maximum absolute atomic E-state index is 5.36. The fourth-order valence-corrected chi connectivity index (χ4v) is 1.16. The first kappa shape index (κ1) is 8.68. The summed E-state index contributed by atoms with van der Waals surface area (Å²) in [5.41, 5.74) is 0.890. The molecular formula is C9H10N4O. The zero-order chi connectivity index (χ0) is 9.80. The highest BCUT2D eigenvalue weighted by Crippen LogP contribution is 2.15. The number of hydrogen-bond donors (Lipinski definition) is 0. The molecule has 0 saturated carbocycles. The Kier molecular flexibility index (Phi) is 2.40. The van der Waals surface area contributed by atoms with Gasteiger partial charge in [-0.2, -0.15) is 0 Å². The SMILES string of the molecule is CCOc1cccc(-n2cnnn2)c1. The second-order valence-electron chi connectivity index (χ2n) is 2.68. The van der Waals surface area contributed by atoms with Crippen LogP contribution in [0.5, 0.6) is 5.75 Å². The van der Waals surface area contributed by atoms with Crippen LogP contribution in [0, 0.1) is 0 Å². The summed E-state index contributed by atoms with van der Waals surface area (Å²) in [6.07, 6.45) is 1.55. The minimum Gasteiger partial charge on any atom is -0.494 e. The van der Waals surface area contributed by atoms with Gasteiger partial charge in [0.25, 0.3) is 0 Å². The number of nitrogens with zero attached hydrogens (tertiary/aromatic N) is 4. The summed E-state index contributed by atoms with van der Waals surface area (Å²) < 4.78 is 6.95. The standard InChI is InChI=1S/C9H10N4O/c1-2-14-9-5-3-4-8(6-9)13-7-10-11-12-13/h3-7H,2H2,1H3. The van der Waals surface area contributed by atoms with Crippen molar-refractivity contribution >= 4 is 0 Å². The number of benzene rings is 1. The van der Waals surface area contributed by atoms with E-state index in [4.69, 9.17) is 4.74 Å². The molecule has 0 aliphatic carbocycles. The Bertz CT molecular complexity index is 399. The molecule has 0 N–H and O–H groups in total. The van der Waals surface area contributed by atoms with Gasteiger partial charge in [-0.15, -0.1) is 5.10 Å². The van der Waals surface area contributed by atoms with Gasteiger partial charge in [0.05, 0.1) is 12.3 Å². The van der Waals surface area contributed by atoms with Crippen LogP contribution in [0.4, 0.5) is 0 Å². The first-order valence-corrected chi connectivity index (χ1v) is 4.36. The number of ether oxygens (including phenoxy) is 1. The first-order valence-electron chi connectivity index (χ1n) is 4.36. The lowest BCUT2D eigenvalue weighted by atomic mass is 10.3. The van der Waals surface area contributed by atoms with Gasteiger partial charge in [-0.25, -0.2) is 4.68 Å². The Morgan fingerprint density at radius 2 is 2.36 bits per heavy atom. The van der Waals surface area contributed by atoms with Gasteiger partial charge in [0.2, 0.25) is 0 Å². The zero-order valence-electron chi connectivity index (χ0n) is 7.79. The number of tetrazole rings is 1. The quantitative estimate of drug-likeness (QED) is 0.726. The van der Waals surface area contributed by atoms with Crippen molar-refractivity contribution in [2.45, 2.75) is 6.92 Å². The predicted molar refractivity (Wildman–Crippen MR) is 50.3 cm³/mol. The van der Waals surface area contributed by atoms with Crippen molar-refractivity contribution in [2.24, 2.45) is 0 Å². The molecule has 72 valence electrons. The second-order valence-corrected chi connectivity index (χ2v) is 2.68. The molecule has 5 nitrogen and oxygen atoms in total. The third-order valence-electron chi connectivity index (χ3n) is 1.74. The van der Waals surface area contributed by atoms with Gasteiger partial charge in [0.1, 0.15) is 12.1 Å². The second kappa shape index (κ2) is 3.87. The maximum atomic E-state index is 5.36. The molecule has 0 spiro atoms. The van der Waals surface area contributed by atoms with Crippen molar-refractivity contribution in [3.8, 4) is 11.4 Å². The first-order chi connectivity index (χ1) is 6.90. The summed E-state index contributed by atoms with van der Waals surface area (Å²) >= 11 is 0. The molecule has 0 amide bonds. The largest absolute Gasteiger partial charge is 0.494 e. The minimum absolute atomic E-state index is 0.652. The van der Waals surface area contributed by atoms with Crippen molar-refractivity contribution in [3.63, 3.8) is 0 Å². The smallest absolute Gasteiger partial charge is 0.143 e. The van der Waals surface area contributed by atoms with Crippen molar-refractivity contribution in [2.75, 3.05) is 6.61 Å². The Hall–Kier alpha value is -1.91. The van der Waals surface area contributed by atoms with Crippen molar-refractivity contribution in [1.29, 1.82) is 0 Å². The zero-order valence-corrected chi connectivity index (χ0v) is 7.79. The van der Waals surface area contributed by atoms with Gasteiger partial charge in [0.15, 0.2) is 0 Å². The number of hydrogen-bond acceptors (Lipinski definition) is 4. The average Bonchev–Trinajstić information content (AvgIpc) is 2.71. The van der Waals surface area contributed by atoms with E-state index in [1.807, 2.05) is 31.2 Å². The van der Waals surface area contributed by atoms with Gasteiger partial charge >= 0.3 is 0 Å². The van der Waals surface area contributed by atoms with Gasteiger partial charge in [-0.3, -0.25) is 0 Å². The number of rotatable bonds is 3. The van der Waals surface area contributed by atoms with Crippen LogP contribution in [0.25, 0.3) is 5.69 Å². The lowest BCUT2D eigenvalue weighted by molar-refractivity contribution is 0.340. The van der Waals surface area contributed by atoms with E-state index in [0.29, 0.717) is 6.61 Å². The molecule has 0 atom stereocenters. The van der Waals surface area contributed by atoms with Crippen LogP contribution >= 0.6 is 0 Å². The van der Waals surface area contributed by atoms with E-state index >= 15 is 0 Å². The third-order valence-corrected chi connectivity index (χ3v) is 1.74. The van der Waals surface area contributed by atoms with E-state index < -0.39 is 0 Å². The topological polar surface area (TPSA) is 52.8 Å². The molecule has 1 heterocycles. The van der Waals surface area contributed by atoms with Crippen LogP contribution in [-0.2, 0) is 0 Å². The van der Waals surface area contributed by atoms with E-state index in [1.165, 1.54) is 0 Å². The van der Waals surface area contributed by atoms with Crippen LogP contribution in [0.1, 0.15) is 6.92 Å². The van der Waals surface area contributed by atoms with Crippen LogP contribution < -0.4 is 4.74 Å². The summed E-state index contributed by atoms with van der Waals surface area (Å²) in [6.45, 7) is 2.60. The Morgan fingerprint density at radius 1 is 1.43 bits per heavy atom. The Labute approximate surface area is 81.3 Å². The molecule has 0 radical (unpaired) electrons. The molecule has 1 aromatic carbocycles. The molecule has 1 aromatic heterocycles. The fourth-order valence-electron chi connectivity index (χ4n) is 1.16. The molecule has 0 bridgehead atoms. The van der Waals surface area contributed by atoms with Crippen molar-refractivity contribution in [3.05, 3.63) is 30.6 Å². The monoisotopic (exact) mass is 190 g/mol. The molecule has 2 aromatic rings. The van der Waals surface area contributed by atoms with Crippen LogP contribution in [0.3, 0.4) is 0 Å². The highest BCUT2D eigenvalue weighted by atomic mass is 16.5. The van der Waals surface area contributed by atoms with Gasteiger partial charge in [0, 0.05) is 6.07 Å². The van der Waals surface area contributed by atoms with E-state index in [2.05, 4.69) is 15.5 Å². The van der Waals surface area contributed by atoms with E-state index in [0.717, 1.165) is 11.4 Å². The molecule has 14 heavy (non-hydrogen) atoms. The molecule has 0 saturated heterocycles. The van der Waals surface area contributed by atoms with Gasteiger partial charge in [-0.1, -0.05) is 6.07 Å². The summed E-state index contributed by atoms with van der Waals surface area (Å²) in [4.78, 5) is 0. The van der Waals surface area contributed by atoms with Gasteiger partial charge in [-0.05, 0) is 29.5 Å². The van der Waals surface area contributed by atoms with Crippen molar-refractivity contribution < 1.29 is 4.74 Å². The molecule has 0 unspecified atom stereocenters. The third kappa shape index (κ3) is 1.71. The van der Waals surface area contributed by atoms with E-state index in [9.17, 15) is 0 Å². The minimum atomic E-state index is 0.652. The molecule has 0 fully saturated rings. The van der Waals surface area contributed by atoms with Crippen LogP contribution in [-0.4, -0.2) is 26.8 Å². The molecule has 0 aliphatic rings. The average molecular weight is 190 g/mol. The van der Waals surface area contributed by atoms with Gasteiger partial charge < -0.3 is 4.74 Å². The fraction of sp³-hybridized carbons (Fsp3) is 0.222. The van der Waals surface area contributed by atoms with Crippen LogP contribution in [0.2, 0.25) is 0 Å². The maximum Gasteiger partial charge on any atom is 0.143 e. The normalized spacial score (nSPS) is 10.1. The summed E-state index contributed by atoms with van der Waals surface area (Å²) in [7, 11) is 0. The highest BCUT2D eigenvalue weighted by Gasteiger charge is 1.99. The van der Waals surface area contributed by atoms with Crippen LogP contribution in [0.15, 0.2) is 30.6 Å². The molecule has 2 rings (SSSR count). The lowest BCUT2D eigenvalue weighted by Crippen LogP contribution is -1.97. The Balaban J connectivity index is 2.31. The molecule has 5 heteroatoms. The van der Waals surface area contributed by atoms with E-state index in [1.54, 1.807) is 11.0 Å².